The largest absolute Gasteiger partial charge is 0.262 e. The SMILES string of the molecule is Cc1cc(-c2ccc(F)cc2)ccn1. The summed E-state index contributed by atoms with van der Waals surface area (Å²) in [5, 5.41) is 0. The number of hydrogen-bond donors (Lipinski definition) is 0. The molecule has 1 aromatic carbocycles. The first-order chi connectivity index (χ1) is 6.75. The van der Waals surface area contributed by atoms with Gasteiger partial charge in [0.1, 0.15) is 5.82 Å². The number of halogens is 1. The predicted molar refractivity (Wildman–Crippen MR) is 54.4 cm³/mol. The van der Waals surface area contributed by atoms with Crippen LogP contribution in [0.4, 0.5) is 4.39 Å². The van der Waals surface area contributed by atoms with Gasteiger partial charge >= 0.3 is 0 Å². The van der Waals surface area contributed by atoms with E-state index in [0.29, 0.717) is 0 Å². The Hall–Kier alpha value is -1.70. The van der Waals surface area contributed by atoms with Crippen LogP contribution in [-0.2, 0) is 0 Å². The van der Waals surface area contributed by atoms with Crippen molar-refractivity contribution in [3.05, 3.63) is 54.1 Å². The van der Waals surface area contributed by atoms with E-state index in [-0.39, 0.29) is 5.82 Å². The molecule has 0 radical (unpaired) electrons. The first kappa shape index (κ1) is 8.88. The molecular formula is C12H10FN. The normalized spacial score (nSPS) is 10.1. The molecule has 0 aliphatic carbocycles. The van der Waals surface area contributed by atoms with E-state index in [2.05, 4.69) is 4.98 Å². The van der Waals surface area contributed by atoms with Crippen LogP contribution in [0.25, 0.3) is 11.1 Å². The molecule has 0 atom stereocenters. The molecule has 2 heteroatoms. The Labute approximate surface area is 82.2 Å². The van der Waals surface area contributed by atoms with E-state index in [1.165, 1.54) is 12.1 Å². The number of hydrogen-bond acceptors (Lipinski definition) is 1. The zero-order valence-electron chi connectivity index (χ0n) is 7.87. The average molecular weight is 187 g/mol. The van der Waals surface area contributed by atoms with E-state index < -0.39 is 0 Å². The van der Waals surface area contributed by atoms with Crippen molar-refractivity contribution >= 4 is 0 Å². The van der Waals surface area contributed by atoms with Crippen LogP contribution in [-0.4, -0.2) is 4.98 Å². The van der Waals surface area contributed by atoms with Crippen LogP contribution >= 0.6 is 0 Å². The second-order valence-corrected chi connectivity index (χ2v) is 3.19. The van der Waals surface area contributed by atoms with Crippen LogP contribution in [0.2, 0.25) is 0 Å². The summed E-state index contributed by atoms with van der Waals surface area (Å²) in [6.07, 6.45) is 1.76. The summed E-state index contributed by atoms with van der Waals surface area (Å²) in [5.74, 6) is -0.209. The third-order valence-electron chi connectivity index (χ3n) is 2.07. The first-order valence-corrected chi connectivity index (χ1v) is 4.44. The molecule has 0 N–H and O–H groups in total. The summed E-state index contributed by atoms with van der Waals surface area (Å²) in [5.41, 5.74) is 3.04. The third kappa shape index (κ3) is 1.79. The average Bonchev–Trinajstić information content (AvgIpc) is 2.19. The Morgan fingerprint density at radius 1 is 1.00 bits per heavy atom. The molecular weight excluding hydrogens is 177 g/mol. The molecule has 70 valence electrons. The maximum Gasteiger partial charge on any atom is 0.123 e. The van der Waals surface area contributed by atoms with Gasteiger partial charge in [-0.3, -0.25) is 4.98 Å². The van der Waals surface area contributed by atoms with Gasteiger partial charge in [-0.2, -0.15) is 0 Å². The molecule has 0 aliphatic rings. The molecule has 0 amide bonds. The third-order valence-corrected chi connectivity index (χ3v) is 2.07. The maximum atomic E-state index is 12.7. The van der Waals surface area contributed by atoms with E-state index >= 15 is 0 Å². The van der Waals surface area contributed by atoms with Crippen LogP contribution in [0, 0.1) is 12.7 Å². The van der Waals surface area contributed by atoms with E-state index in [0.717, 1.165) is 16.8 Å². The van der Waals surface area contributed by atoms with E-state index in [4.69, 9.17) is 0 Å². The van der Waals surface area contributed by atoms with Crippen molar-refractivity contribution in [3.8, 4) is 11.1 Å². The molecule has 2 aromatic rings. The molecule has 1 heterocycles. The zero-order chi connectivity index (χ0) is 9.97. The number of rotatable bonds is 1. The van der Waals surface area contributed by atoms with Crippen molar-refractivity contribution in [1.29, 1.82) is 0 Å². The Morgan fingerprint density at radius 3 is 2.36 bits per heavy atom. The summed E-state index contributed by atoms with van der Waals surface area (Å²) in [7, 11) is 0. The Balaban J connectivity index is 2.44. The van der Waals surface area contributed by atoms with Gasteiger partial charge in [0.15, 0.2) is 0 Å². The zero-order valence-corrected chi connectivity index (χ0v) is 7.87. The lowest BCUT2D eigenvalue weighted by molar-refractivity contribution is 0.628. The second kappa shape index (κ2) is 3.58. The van der Waals surface area contributed by atoms with Gasteiger partial charge in [0.05, 0.1) is 0 Å². The van der Waals surface area contributed by atoms with Gasteiger partial charge in [-0.05, 0) is 42.3 Å². The van der Waals surface area contributed by atoms with Gasteiger partial charge in [0.2, 0.25) is 0 Å². The Kier molecular flexibility index (Phi) is 2.27. The van der Waals surface area contributed by atoms with E-state index in [9.17, 15) is 4.39 Å². The highest BCUT2D eigenvalue weighted by Gasteiger charge is 1.97. The second-order valence-electron chi connectivity index (χ2n) is 3.19. The van der Waals surface area contributed by atoms with Crippen molar-refractivity contribution in [3.63, 3.8) is 0 Å². The molecule has 2 rings (SSSR count). The summed E-state index contributed by atoms with van der Waals surface area (Å²) >= 11 is 0. The van der Waals surface area contributed by atoms with E-state index in [1.54, 1.807) is 18.3 Å². The standard InChI is InChI=1S/C12H10FN/c1-9-8-11(6-7-14-9)10-2-4-12(13)5-3-10/h2-8H,1H3. The first-order valence-electron chi connectivity index (χ1n) is 4.44. The molecule has 0 spiro atoms. The van der Waals surface area contributed by atoms with Gasteiger partial charge in [-0.25, -0.2) is 4.39 Å². The van der Waals surface area contributed by atoms with Crippen LogP contribution in [0.5, 0.6) is 0 Å². The Morgan fingerprint density at radius 2 is 1.71 bits per heavy atom. The van der Waals surface area contributed by atoms with Gasteiger partial charge in [0.25, 0.3) is 0 Å². The van der Waals surface area contributed by atoms with E-state index in [1.807, 2.05) is 19.1 Å². The molecule has 0 bridgehead atoms. The molecule has 0 saturated heterocycles. The van der Waals surface area contributed by atoms with Gasteiger partial charge in [-0.15, -0.1) is 0 Å². The highest BCUT2D eigenvalue weighted by molar-refractivity contribution is 5.63. The van der Waals surface area contributed by atoms with Crippen molar-refractivity contribution in [2.75, 3.05) is 0 Å². The lowest BCUT2D eigenvalue weighted by Crippen LogP contribution is -1.83. The minimum Gasteiger partial charge on any atom is -0.262 e. The predicted octanol–water partition coefficient (Wildman–Crippen LogP) is 3.20. The van der Waals surface area contributed by atoms with Gasteiger partial charge in [-0.1, -0.05) is 12.1 Å². The maximum absolute atomic E-state index is 12.7. The number of pyridine rings is 1. The fourth-order valence-corrected chi connectivity index (χ4v) is 1.37. The molecule has 0 fully saturated rings. The Bertz CT molecular complexity index is 434. The molecule has 0 aliphatic heterocycles. The highest BCUT2D eigenvalue weighted by atomic mass is 19.1. The van der Waals surface area contributed by atoms with Crippen molar-refractivity contribution in [2.45, 2.75) is 6.92 Å². The van der Waals surface area contributed by atoms with Crippen molar-refractivity contribution in [1.82, 2.24) is 4.98 Å². The number of aryl methyl sites for hydroxylation is 1. The molecule has 1 nitrogen and oxygen atoms in total. The monoisotopic (exact) mass is 187 g/mol. The van der Waals surface area contributed by atoms with Crippen LogP contribution in [0.3, 0.4) is 0 Å². The fourth-order valence-electron chi connectivity index (χ4n) is 1.37. The number of benzene rings is 1. The lowest BCUT2D eigenvalue weighted by Gasteiger charge is -2.01. The highest BCUT2D eigenvalue weighted by Crippen LogP contribution is 2.19. The van der Waals surface area contributed by atoms with Gasteiger partial charge < -0.3 is 0 Å². The summed E-state index contributed by atoms with van der Waals surface area (Å²) in [4.78, 5) is 4.11. The quantitative estimate of drug-likeness (QED) is 0.668. The van der Waals surface area contributed by atoms with Crippen molar-refractivity contribution < 1.29 is 4.39 Å². The lowest BCUT2D eigenvalue weighted by atomic mass is 10.1. The molecule has 14 heavy (non-hydrogen) atoms. The molecule has 0 unspecified atom stereocenters. The van der Waals surface area contributed by atoms with Crippen LogP contribution in [0.15, 0.2) is 42.6 Å². The summed E-state index contributed by atoms with van der Waals surface area (Å²) in [6, 6.07) is 10.4. The fraction of sp³-hybridized carbons (Fsp3) is 0.0833. The molecule has 0 saturated carbocycles. The number of aromatic nitrogens is 1. The van der Waals surface area contributed by atoms with Crippen LogP contribution in [0.1, 0.15) is 5.69 Å². The minimum absolute atomic E-state index is 0.209. The smallest absolute Gasteiger partial charge is 0.123 e. The topological polar surface area (TPSA) is 12.9 Å². The number of nitrogens with zero attached hydrogens (tertiary/aromatic N) is 1. The summed E-state index contributed by atoms with van der Waals surface area (Å²) in [6.45, 7) is 1.94. The van der Waals surface area contributed by atoms with Gasteiger partial charge in [0, 0.05) is 11.9 Å². The molecule has 1 aromatic heterocycles. The summed E-state index contributed by atoms with van der Waals surface area (Å²) < 4.78 is 12.7. The van der Waals surface area contributed by atoms with Crippen LogP contribution < -0.4 is 0 Å². The van der Waals surface area contributed by atoms with Crippen molar-refractivity contribution in [2.24, 2.45) is 0 Å². The minimum atomic E-state index is -0.209.